The lowest BCUT2D eigenvalue weighted by atomic mass is 9.99. The van der Waals surface area contributed by atoms with Crippen LogP contribution in [-0.2, 0) is 0 Å². The van der Waals surface area contributed by atoms with Crippen molar-refractivity contribution in [2.75, 3.05) is 20.2 Å². The first-order valence-corrected chi connectivity index (χ1v) is 8.05. The van der Waals surface area contributed by atoms with E-state index in [4.69, 9.17) is 9.72 Å². The monoisotopic (exact) mass is 308 g/mol. The van der Waals surface area contributed by atoms with Crippen molar-refractivity contribution in [3.63, 3.8) is 0 Å². The minimum atomic E-state index is 0.407. The average molecular weight is 308 g/mol. The van der Waals surface area contributed by atoms with Gasteiger partial charge in [0.15, 0.2) is 5.65 Å². The lowest BCUT2D eigenvalue weighted by Crippen LogP contribution is -2.29. The largest absolute Gasteiger partial charge is 0.497 e. The molecule has 1 N–H and O–H groups in total. The van der Waals surface area contributed by atoms with Crippen molar-refractivity contribution in [1.29, 1.82) is 0 Å². The van der Waals surface area contributed by atoms with E-state index >= 15 is 0 Å². The molecule has 1 unspecified atom stereocenters. The Labute approximate surface area is 135 Å². The van der Waals surface area contributed by atoms with Gasteiger partial charge in [-0.1, -0.05) is 6.07 Å². The van der Waals surface area contributed by atoms with E-state index in [1.54, 1.807) is 7.11 Å². The fraction of sp³-hybridized carbons (Fsp3) is 0.333. The Morgan fingerprint density at radius 2 is 2.22 bits per heavy atom. The number of methoxy groups -OCH3 is 1. The van der Waals surface area contributed by atoms with Crippen LogP contribution in [-0.4, -0.2) is 34.7 Å². The molecule has 0 spiro atoms. The number of rotatable bonds is 3. The maximum Gasteiger partial charge on any atom is 0.164 e. The molecular formula is C18H20N4O. The highest BCUT2D eigenvalue weighted by Crippen LogP contribution is 2.29. The highest BCUT2D eigenvalue weighted by atomic mass is 16.5. The highest BCUT2D eigenvalue weighted by molar-refractivity contribution is 5.74. The van der Waals surface area contributed by atoms with Crippen molar-refractivity contribution in [2.45, 2.75) is 18.8 Å². The second-order valence-electron chi connectivity index (χ2n) is 5.90. The summed E-state index contributed by atoms with van der Waals surface area (Å²) in [6.45, 7) is 2.06. The van der Waals surface area contributed by atoms with Crippen LogP contribution in [0.1, 0.15) is 24.6 Å². The summed E-state index contributed by atoms with van der Waals surface area (Å²) in [6.07, 6.45) is 4.16. The minimum Gasteiger partial charge on any atom is -0.497 e. The summed E-state index contributed by atoms with van der Waals surface area (Å²) in [4.78, 5) is 9.46. The Kier molecular flexibility index (Phi) is 3.71. The molecule has 0 radical (unpaired) electrons. The van der Waals surface area contributed by atoms with Gasteiger partial charge in [-0.25, -0.2) is 9.97 Å². The van der Waals surface area contributed by atoms with E-state index in [9.17, 15) is 0 Å². The number of benzene rings is 1. The molecule has 118 valence electrons. The Morgan fingerprint density at radius 3 is 3.04 bits per heavy atom. The van der Waals surface area contributed by atoms with Gasteiger partial charge in [0.2, 0.25) is 0 Å². The van der Waals surface area contributed by atoms with E-state index in [0.29, 0.717) is 5.92 Å². The van der Waals surface area contributed by atoms with E-state index in [0.717, 1.165) is 47.9 Å². The number of ether oxygens (including phenoxy) is 1. The van der Waals surface area contributed by atoms with E-state index in [-0.39, 0.29) is 0 Å². The van der Waals surface area contributed by atoms with Crippen molar-refractivity contribution in [3.8, 4) is 11.4 Å². The van der Waals surface area contributed by atoms with E-state index in [2.05, 4.69) is 20.9 Å². The number of hydrogen-bond donors (Lipinski definition) is 1. The predicted molar refractivity (Wildman–Crippen MR) is 90.3 cm³/mol. The molecule has 0 saturated carbocycles. The molecular weight excluding hydrogens is 288 g/mol. The fourth-order valence-corrected chi connectivity index (χ4v) is 3.28. The molecule has 2 aromatic heterocycles. The molecule has 1 saturated heterocycles. The molecule has 3 aromatic rings. The molecule has 1 atom stereocenters. The molecule has 1 aliphatic rings. The number of nitrogens with one attached hydrogen (secondary N) is 1. The molecule has 23 heavy (non-hydrogen) atoms. The van der Waals surface area contributed by atoms with Crippen LogP contribution in [0.15, 0.2) is 42.6 Å². The third-order valence-corrected chi connectivity index (χ3v) is 4.42. The normalized spacial score (nSPS) is 18.2. The molecule has 0 aliphatic carbocycles. The Balaban J connectivity index is 1.91. The van der Waals surface area contributed by atoms with Gasteiger partial charge in [0.1, 0.15) is 17.1 Å². The van der Waals surface area contributed by atoms with Crippen LogP contribution in [0.25, 0.3) is 16.9 Å². The van der Waals surface area contributed by atoms with Crippen molar-refractivity contribution >= 4 is 11.2 Å². The van der Waals surface area contributed by atoms with Crippen LogP contribution in [0, 0.1) is 0 Å². The highest BCUT2D eigenvalue weighted by Gasteiger charge is 2.23. The molecule has 1 aliphatic heterocycles. The topological polar surface area (TPSA) is 52.0 Å². The number of fused-ring (bicyclic) bond motifs is 1. The summed E-state index contributed by atoms with van der Waals surface area (Å²) in [7, 11) is 1.69. The summed E-state index contributed by atoms with van der Waals surface area (Å²) >= 11 is 0. The van der Waals surface area contributed by atoms with Crippen LogP contribution in [0.2, 0.25) is 0 Å². The molecule has 4 rings (SSSR count). The zero-order valence-corrected chi connectivity index (χ0v) is 13.2. The number of aromatic nitrogens is 3. The molecule has 1 fully saturated rings. The molecule has 1 aromatic carbocycles. The minimum absolute atomic E-state index is 0.407. The predicted octanol–water partition coefficient (Wildman–Crippen LogP) is 2.90. The van der Waals surface area contributed by atoms with Crippen LogP contribution in [0.5, 0.6) is 5.75 Å². The number of piperidine rings is 1. The van der Waals surface area contributed by atoms with Crippen LogP contribution >= 0.6 is 0 Å². The van der Waals surface area contributed by atoms with Crippen LogP contribution in [0.3, 0.4) is 0 Å². The number of hydrogen-bond acceptors (Lipinski definition) is 4. The zero-order chi connectivity index (χ0) is 15.6. The van der Waals surface area contributed by atoms with Gasteiger partial charge in [-0.15, -0.1) is 0 Å². The summed E-state index contributed by atoms with van der Waals surface area (Å²) in [5, 5.41) is 3.48. The van der Waals surface area contributed by atoms with Gasteiger partial charge in [0.05, 0.1) is 12.8 Å². The maximum absolute atomic E-state index is 5.38. The van der Waals surface area contributed by atoms with Gasteiger partial charge >= 0.3 is 0 Å². The average Bonchev–Trinajstić information content (AvgIpc) is 3.02. The Bertz CT molecular complexity index is 821. The summed E-state index contributed by atoms with van der Waals surface area (Å²) in [6, 6.07) is 12.0. The Hall–Kier alpha value is -2.40. The summed E-state index contributed by atoms with van der Waals surface area (Å²) < 4.78 is 7.56. The van der Waals surface area contributed by atoms with Crippen molar-refractivity contribution < 1.29 is 4.74 Å². The van der Waals surface area contributed by atoms with E-state index < -0.39 is 0 Å². The van der Waals surface area contributed by atoms with Gasteiger partial charge in [0, 0.05) is 24.7 Å². The number of pyridine rings is 1. The first kappa shape index (κ1) is 14.2. The second kappa shape index (κ2) is 6.01. The summed E-state index contributed by atoms with van der Waals surface area (Å²) in [5.41, 5.74) is 2.89. The van der Waals surface area contributed by atoms with Crippen molar-refractivity contribution in [3.05, 3.63) is 48.4 Å². The SMILES string of the molecule is COc1cccc(-n2c(C3CCCNC3)nc3cccnc32)c1. The second-order valence-corrected chi connectivity index (χ2v) is 5.90. The van der Waals surface area contributed by atoms with Gasteiger partial charge < -0.3 is 10.1 Å². The molecule has 5 nitrogen and oxygen atoms in total. The Morgan fingerprint density at radius 1 is 1.26 bits per heavy atom. The van der Waals surface area contributed by atoms with Crippen LogP contribution in [0.4, 0.5) is 0 Å². The zero-order valence-electron chi connectivity index (χ0n) is 13.2. The summed E-state index contributed by atoms with van der Waals surface area (Å²) in [5.74, 6) is 2.33. The molecule has 0 amide bonds. The first-order valence-electron chi connectivity index (χ1n) is 8.05. The number of nitrogens with zero attached hydrogens (tertiary/aromatic N) is 3. The lowest BCUT2D eigenvalue weighted by molar-refractivity contribution is 0.414. The molecule has 5 heteroatoms. The van der Waals surface area contributed by atoms with Gasteiger partial charge in [-0.3, -0.25) is 4.57 Å². The maximum atomic E-state index is 5.38. The standard InChI is InChI=1S/C18H20N4O/c1-23-15-7-2-6-14(11-15)22-17(13-5-3-9-19-12-13)21-16-8-4-10-20-18(16)22/h2,4,6-8,10-11,13,19H,3,5,9,12H2,1H3. The van der Waals surface area contributed by atoms with Gasteiger partial charge in [-0.2, -0.15) is 0 Å². The number of imidazole rings is 1. The van der Waals surface area contributed by atoms with E-state index in [1.165, 1.54) is 6.42 Å². The fourth-order valence-electron chi connectivity index (χ4n) is 3.28. The first-order chi connectivity index (χ1) is 11.4. The third kappa shape index (κ3) is 2.57. The molecule has 0 bridgehead atoms. The lowest BCUT2D eigenvalue weighted by Gasteiger charge is -2.23. The van der Waals surface area contributed by atoms with E-state index in [1.807, 2.05) is 36.5 Å². The van der Waals surface area contributed by atoms with Crippen molar-refractivity contribution in [1.82, 2.24) is 19.9 Å². The smallest absolute Gasteiger partial charge is 0.164 e. The quantitative estimate of drug-likeness (QED) is 0.808. The van der Waals surface area contributed by atoms with Gasteiger partial charge in [0.25, 0.3) is 0 Å². The van der Waals surface area contributed by atoms with Gasteiger partial charge in [-0.05, 0) is 43.7 Å². The molecule has 3 heterocycles. The van der Waals surface area contributed by atoms with Crippen molar-refractivity contribution in [2.24, 2.45) is 0 Å². The third-order valence-electron chi connectivity index (χ3n) is 4.42. The van der Waals surface area contributed by atoms with Crippen LogP contribution < -0.4 is 10.1 Å².